The molecule has 23 heteroatoms. The van der Waals surface area contributed by atoms with Crippen molar-refractivity contribution in [1.82, 2.24) is 0 Å². The van der Waals surface area contributed by atoms with Crippen molar-refractivity contribution in [2.24, 2.45) is 44.7 Å². The molecular weight excluding hydrogens is 992 g/mol. The summed E-state index contributed by atoms with van der Waals surface area (Å²) in [5, 5.41) is 18.5. The summed E-state index contributed by atoms with van der Waals surface area (Å²) in [6.07, 6.45) is 1.92. The second-order valence-electron chi connectivity index (χ2n) is 20.2. The van der Waals surface area contributed by atoms with Gasteiger partial charge in [-0.25, -0.2) is 0 Å². The third-order valence-corrected chi connectivity index (χ3v) is 15.7. The molecule has 2 fully saturated rings. The zero-order valence-electron chi connectivity index (χ0n) is 44.1. The molecule has 19 nitrogen and oxygen atoms in total. The number of Topliss-reactive ketones (excluding diaryl/α,β-unsaturated/α-hetero) is 2. The Balaban J connectivity index is 0.000000713. The fourth-order valence-corrected chi connectivity index (χ4v) is 11.3. The Labute approximate surface area is 431 Å². The summed E-state index contributed by atoms with van der Waals surface area (Å²) >= 11 is 0. The zero-order valence-corrected chi connectivity index (χ0v) is 48.8. The van der Waals surface area contributed by atoms with Crippen LogP contribution in [0, 0.1) is 34.5 Å². The predicted octanol–water partition coefficient (Wildman–Crippen LogP) is 10.7. The van der Waals surface area contributed by atoms with Crippen molar-refractivity contribution >= 4 is 67.3 Å². The molecule has 0 amide bonds. The Morgan fingerprint density at radius 3 is 1.39 bits per heavy atom. The average molecular weight is 1080 g/mol. The maximum Gasteiger partial charge on any atom is 0.309 e. The van der Waals surface area contributed by atoms with E-state index in [9.17, 15) is 34.6 Å². The van der Waals surface area contributed by atoms with Gasteiger partial charge in [0.1, 0.15) is 29.9 Å². The van der Waals surface area contributed by atoms with Gasteiger partial charge in [-0.2, -0.15) is 0 Å². The Bertz CT molecular complexity index is 1910. The Morgan fingerprint density at radius 1 is 0.662 bits per heavy atom. The standard InChI is InChI=1S/C25H43N3O7P2.C23H41N3O6P2/c1-8-14(2)20-12-18(27-28-26)19(32-17(5)29)11-9-10-15(3)23(35-37)16(4)24(31)25(6,7)21(34-36)13-22(30)33-20;1-7-13(2)18-11-16(25-26-24)17(27)10-8-9-14(3)21(32-34)15(4)22(29)23(5,6)19(31-33)12-20(28)30-18/h8,15-16,18-21,23H,9-13,36-37H2,1-7H3;7,14-19,21,27H,8-12,33-34H2,1-6H3/b14-8+;13-7+. The van der Waals surface area contributed by atoms with E-state index in [4.69, 9.17) is 37.8 Å². The number of aliphatic hydroxyl groups excluding tert-OH is 1. The second kappa shape index (κ2) is 32.6. The number of allylic oxidation sites excluding steroid dienone is 2. The van der Waals surface area contributed by atoms with E-state index in [0.29, 0.717) is 38.5 Å². The number of rotatable bonds is 9. The van der Waals surface area contributed by atoms with Gasteiger partial charge in [-0.05, 0) is 100 Å². The first-order valence-corrected chi connectivity index (χ1v) is 26.2. The van der Waals surface area contributed by atoms with Gasteiger partial charge in [-0.1, -0.05) is 84.2 Å². The molecule has 0 aromatic heterocycles. The van der Waals surface area contributed by atoms with E-state index in [1.807, 2.05) is 67.5 Å². The second-order valence-corrected chi connectivity index (χ2v) is 21.3. The minimum atomic E-state index is -1.00. The monoisotopic (exact) mass is 1080 g/mol. The lowest BCUT2D eigenvalue weighted by Gasteiger charge is -2.37. The van der Waals surface area contributed by atoms with Crippen molar-refractivity contribution in [1.29, 1.82) is 0 Å². The molecule has 18 unspecified atom stereocenters. The summed E-state index contributed by atoms with van der Waals surface area (Å²) in [4.78, 5) is 70.9. The normalized spacial score (nSPS) is 33.7. The van der Waals surface area contributed by atoms with Gasteiger partial charge in [0.15, 0.2) is 0 Å². The van der Waals surface area contributed by atoms with Gasteiger partial charge in [-0.3, -0.25) is 24.0 Å². The van der Waals surface area contributed by atoms with E-state index in [-0.39, 0.29) is 55.2 Å². The van der Waals surface area contributed by atoms with Crippen LogP contribution in [-0.4, -0.2) is 95.5 Å². The molecule has 71 heavy (non-hydrogen) atoms. The molecule has 0 aromatic carbocycles. The lowest BCUT2D eigenvalue weighted by atomic mass is 9.73. The van der Waals surface area contributed by atoms with Crippen LogP contribution in [0.2, 0.25) is 0 Å². The maximum absolute atomic E-state index is 13.6. The summed E-state index contributed by atoms with van der Waals surface area (Å²) in [5.74, 6) is -2.64. The number of hydrogen-bond donors (Lipinski definition) is 1. The highest BCUT2D eigenvalue weighted by atomic mass is 31.0. The smallest absolute Gasteiger partial charge is 0.309 e. The van der Waals surface area contributed by atoms with Gasteiger partial charge >= 0.3 is 17.9 Å². The number of hydrogen-bond acceptors (Lipinski definition) is 15. The van der Waals surface area contributed by atoms with Gasteiger partial charge in [-0.15, -0.1) is 0 Å². The number of ether oxygens (including phenoxy) is 3. The number of carbonyl (C=O) groups excluding carboxylic acids is 5. The van der Waals surface area contributed by atoms with Gasteiger partial charge < -0.3 is 37.4 Å². The van der Waals surface area contributed by atoms with E-state index in [1.165, 1.54) is 6.92 Å². The number of aliphatic hydroxyl groups is 1. The first-order chi connectivity index (χ1) is 33.3. The van der Waals surface area contributed by atoms with E-state index < -0.39 is 95.4 Å². The van der Waals surface area contributed by atoms with E-state index in [1.54, 1.807) is 27.7 Å². The quantitative estimate of drug-likeness (QED) is 0.0429. The third kappa shape index (κ3) is 20.2. The van der Waals surface area contributed by atoms with Gasteiger partial charge in [0.05, 0.1) is 66.3 Å². The summed E-state index contributed by atoms with van der Waals surface area (Å²) in [6.45, 7) is 23.3. The summed E-state index contributed by atoms with van der Waals surface area (Å²) < 4.78 is 39.5. The van der Waals surface area contributed by atoms with Gasteiger partial charge in [0.2, 0.25) is 0 Å². The first kappa shape index (κ1) is 66.4. The highest BCUT2D eigenvalue weighted by Gasteiger charge is 2.46. The highest BCUT2D eigenvalue weighted by Crippen LogP contribution is 2.39. The van der Waals surface area contributed by atoms with Crippen molar-refractivity contribution in [3.63, 3.8) is 0 Å². The average Bonchev–Trinajstić information content (AvgIpc) is 3.32. The molecule has 0 radical (unpaired) electrons. The molecule has 2 heterocycles. The molecule has 0 aromatic rings. The van der Waals surface area contributed by atoms with Crippen LogP contribution in [0.4, 0.5) is 0 Å². The largest absolute Gasteiger partial charge is 0.462 e. The zero-order chi connectivity index (χ0) is 54.4. The molecule has 2 aliphatic rings. The number of carbonyl (C=O) groups is 5. The topological polar surface area (TPSA) is 268 Å². The first-order valence-electron chi connectivity index (χ1n) is 24.4. The van der Waals surface area contributed by atoms with Crippen LogP contribution in [0.3, 0.4) is 0 Å². The Kier molecular flexibility index (Phi) is 30.5. The van der Waals surface area contributed by atoms with Crippen LogP contribution in [0.15, 0.2) is 33.5 Å². The molecule has 0 saturated carbocycles. The lowest BCUT2D eigenvalue weighted by molar-refractivity contribution is -0.155. The van der Waals surface area contributed by atoms with Crippen LogP contribution in [0.1, 0.15) is 154 Å². The molecular formula is C48H84N6O13P4. The summed E-state index contributed by atoms with van der Waals surface area (Å²) in [7, 11) is 8.82. The molecule has 0 aliphatic carbocycles. The van der Waals surface area contributed by atoms with E-state index in [0.717, 1.165) is 11.1 Å². The van der Waals surface area contributed by atoms with Crippen LogP contribution >= 0.6 is 37.9 Å². The fourth-order valence-electron chi connectivity index (χ4n) is 9.45. The van der Waals surface area contributed by atoms with Gasteiger partial charge in [0, 0.05) is 72.9 Å². The SMILES string of the molecule is C/C=C(\C)C1CC(N=[N+]=[N-])C(O)CCCC(C)C(OP)C(C)C(=O)C(C)(C)C(OP)CC(=O)O1.C/C=C(\C)C1CC(N=[N+]=[N-])C(OC(C)=O)CCCC(C)C(OP)C(C)C(=O)C(C)(C)C(OP)CC(=O)O1. The molecule has 1 N–H and O–H groups in total. The number of cyclic esters (lactones) is 2. The van der Waals surface area contributed by atoms with Crippen molar-refractivity contribution in [3.8, 4) is 0 Å². The minimum absolute atomic E-state index is 0.00518. The van der Waals surface area contributed by atoms with Crippen LogP contribution in [0.5, 0.6) is 0 Å². The number of azide groups is 2. The number of nitrogens with zero attached hydrogens (tertiary/aromatic N) is 6. The van der Waals surface area contributed by atoms with Crippen molar-refractivity contribution in [3.05, 3.63) is 44.2 Å². The predicted molar refractivity (Wildman–Crippen MR) is 285 cm³/mol. The van der Waals surface area contributed by atoms with Crippen molar-refractivity contribution in [2.45, 2.75) is 215 Å². The fraction of sp³-hybridized carbons (Fsp3) is 0.812. The van der Waals surface area contributed by atoms with Gasteiger partial charge in [0.25, 0.3) is 0 Å². The highest BCUT2D eigenvalue weighted by molar-refractivity contribution is 7.10. The molecule has 18 atom stereocenters. The van der Waals surface area contributed by atoms with Crippen LogP contribution in [-0.2, 0) is 56.3 Å². The molecule has 0 spiro atoms. The van der Waals surface area contributed by atoms with Crippen molar-refractivity contribution < 1.29 is 61.4 Å². The summed E-state index contributed by atoms with van der Waals surface area (Å²) in [6, 6.07) is -1.50. The maximum atomic E-state index is 13.6. The Hall–Kier alpha value is -2.63. The lowest BCUT2D eigenvalue weighted by Crippen LogP contribution is -2.46. The molecule has 404 valence electrons. The number of esters is 3. The molecule has 2 rings (SSSR count). The van der Waals surface area contributed by atoms with Crippen LogP contribution in [0.25, 0.3) is 20.9 Å². The molecule has 2 aliphatic heterocycles. The van der Waals surface area contributed by atoms with Crippen molar-refractivity contribution in [2.75, 3.05) is 0 Å². The van der Waals surface area contributed by atoms with E-state index >= 15 is 0 Å². The Morgan fingerprint density at radius 2 is 1.04 bits per heavy atom. The van der Waals surface area contributed by atoms with Crippen LogP contribution < -0.4 is 0 Å². The van der Waals surface area contributed by atoms with E-state index in [2.05, 4.69) is 57.9 Å². The minimum Gasteiger partial charge on any atom is -0.462 e. The molecule has 0 bridgehead atoms. The number of ketones is 2. The third-order valence-electron chi connectivity index (χ3n) is 14.4. The molecule has 2 saturated heterocycles. The summed E-state index contributed by atoms with van der Waals surface area (Å²) in [5.41, 5.74) is 17.9.